The van der Waals surface area contributed by atoms with Crippen molar-refractivity contribution in [2.75, 3.05) is 6.54 Å². The molecule has 1 aliphatic heterocycles. The average Bonchev–Trinajstić information content (AvgIpc) is 2.43. The van der Waals surface area contributed by atoms with E-state index in [0.717, 1.165) is 5.56 Å². The minimum atomic E-state index is -0.795. The molecule has 2 rings (SSSR count). The van der Waals surface area contributed by atoms with Crippen molar-refractivity contribution in [1.29, 1.82) is 0 Å². The molecular weight excluding hydrogens is 270 g/mol. The fourth-order valence-electron chi connectivity index (χ4n) is 2.24. The SMILES string of the molecule is C[C@H](OCc1ccccc1)[C@@H](N)C(=O)N1CCC1C(N)=O. The first-order valence-electron chi connectivity index (χ1n) is 7.01. The van der Waals surface area contributed by atoms with Gasteiger partial charge in [-0.1, -0.05) is 30.3 Å². The molecule has 4 N–H and O–H groups in total. The van der Waals surface area contributed by atoms with Crippen LogP contribution >= 0.6 is 0 Å². The van der Waals surface area contributed by atoms with Gasteiger partial charge in [0.15, 0.2) is 0 Å². The van der Waals surface area contributed by atoms with Gasteiger partial charge in [0.2, 0.25) is 11.8 Å². The third kappa shape index (κ3) is 3.59. The molecule has 1 fully saturated rings. The van der Waals surface area contributed by atoms with Gasteiger partial charge in [-0.2, -0.15) is 0 Å². The maximum absolute atomic E-state index is 12.2. The fraction of sp³-hybridized carbons (Fsp3) is 0.467. The molecule has 0 bridgehead atoms. The summed E-state index contributed by atoms with van der Waals surface area (Å²) in [5.74, 6) is -0.773. The highest BCUT2D eigenvalue weighted by Gasteiger charge is 2.39. The molecule has 0 radical (unpaired) electrons. The van der Waals surface area contributed by atoms with Gasteiger partial charge < -0.3 is 21.1 Å². The zero-order valence-electron chi connectivity index (χ0n) is 12.1. The third-order valence-electron chi connectivity index (χ3n) is 3.78. The standard InChI is InChI=1S/C15H21N3O3/c1-10(21-9-11-5-3-2-4-6-11)13(16)15(20)18-8-7-12(18)14(17)19/h2-6,10,12-13H,7-9,16H2,1H3,(H2,17,19)/t10-,12?,13+/m0/s1. The molecule has 6 heteroatoms. The summed E-state index contributed by atoms with van der Waals surface area (Å²) >= 11 is 0. The van der Waals surface area contributed by atoms with Crippen molar-refractivity contribution in [1.82, 2.24) is 4.90 Å². The van der Waals surface area contributed by atoms with Crippen molar-refractivity contribution >= 4 is 11.8 Å². The van der Waals surface area contributed by atoms with Crippen LogP contribution in [0.3, 0.4) is 0 Å². The van der Waals surface area contributed by atoms with E-state index in [9.17, 15) is 9.59 Å². The van der Waals surface area contributed by atoms with Gasteiger partial charge in [0.05, 0.1) is 12.7 Å². The first-order valence-corrected chi connectivity index (χ1v) is 7.01. The van der Waals surface area contributed by atoms with Crippen molar-refractivity contribution in [3.63, 3.8) is 0 Å². The molecule has 1 aromatic carbocycles. The molecule has 6 nitrogen and oxygen atoms in total. The number of carbonyl (C=O) groups excluding carboxylic acids is 2. The van der Waals surface area contributed by atoms with E-state index < -0.39 is 24.1 Å². The summed E-state index contributed by atoms with van der Waals surface area (Å²) < 4.78 is 5.64. The second kappa shape index (κ2) is 6.69. The minimum Gasteiger partial charge on any atom is -0.372 e. The monoisotopic (exact) mass is 291 g/mol. The van der Waals surface area contributed by atoms with Crippen LogP contribution in [-0.4, -0.2) is 41.4 Å². The molecule has 3 atom stereocenters. The molecule has 0 saturated carbocycles. The van der Waals surface area contributed by atoms with Crippen molar-refractivity contribution in [3.05, 3.63) is 35.9 Å². The molecule has 0 aromatic heterocycles. The predicted octanol–water partition coefficient (Wildman–Crippen LogP) is 0.00520. The number of rotatable bonds is 6. The zero-order chi connectivity index (χ0) is 15.4. The Kier molecular flexibility index (Phi) is 4.93. The number of likely N-dealkylation sites (tertiary alicyclic amines) is 1. The quantitative estimate of drug-likeness (QED) is 0.771. The molecule has 1 aliphatic rings. The summed E-state index contributed by atoms with van der Waals surface area (Å²) in [5, 5.41) is 0. The largest absolute Gasteiger partial charge is 0.372 e. The van der Waals surface area contributed by atoms with E-state index in [1.807, 2.05) is 30.3 Å². The Morgan fingerprint density at radius 2 is 2.05 bits per heavy atom. The molecular formula is C15H21N3O3. The Bertz CT molecular complexity index is 506. The Hall–Kier alpha value is -1.92. The van der Waals surface area contributed by atoms with E-state index in [0.29, 0.717) is 19.6 Å². The Morgan fingerprint density at radius 1 is 1.38 bits per heavy atom. The number of hydrogen-bond donors (Lipinski definition) is 2. The van der Waals surface area contributed by atoms with Crippen LogP contribution in [0.5, 0.6) is 0 Å². The van der Waals surface area contributed by atoms with Crippen LogP contribution in [0, 0.1) is 0 Å². The number of nitrogens with zero attached hydrogens (tertiary/aromatic N) is 1. The van der Waals surface area contributed by atoms with E-state index in [2.05, 4.69) is 0 Å². The summed E-state index contributed by atoms with van der Waals surface area (Å²) in [7, 11) is 0. The van der Waals surface area contributed by atoms with Crippen molar-refractivity contribution < 1.29 is 14.3 Å². The zero-order valence-corrected chi connectivity index (χ0v) is 12.1. The molecule has 0 aliphatic carbocycles. The fourth-order valence-corrected chi connectivity index (χ4v) is 2.24. The maximum atomic E-state index is 12.2. The lowest BCUT2D eigenvalue weighted by atomic mass is 10.00. The number of hydrogen-bond acceptors (Lipinski definition) is 4. The number of ether oxygens (including phenoxy) is 1. The van der Waals surface area contributed by atoms with Gasteiger partial charge in [-0.3, -0.25) is 9.59 Å². The van der Waals surface area contributed by atoms with Gasteiger partial charge >= 0.3 is 0 Å². The number of primary amides is 1. The van der Waals surface area contributed by atoms with E-state index in [4.69, 9.17) is 16.2 Å². The Balaban J connectivity index is 1.85. The van der Waals surface area contributed by atoms with Gasteiger partial charge in [-0.05, 0) is 18.9 Å². The normalized spacial score (nSPS) is 20.5. The van der Waals surface area contributed by atoms with Gasteiger partial charge in [-0.15, -0.1) is 0 Å². The van der Waals surface area contributed by atoms with Gasteiger partial charge in [0.1, 0.15) is 12.1 Å². The highest BCUT2D eigenvalue weighted by molar-refractivity contribution is 5.90. The average molecular weight is 291 g/mol. The van der Waals surface area contributed by atoms with Gasteiger partial charge in [-0.25, -0.2) is 0 Å². The molecule has 1 unspecified atom stereocenters. The summed E-state index contributed by atoms with van der Waals surface area (Å²) in [6.45, 7) is 2.67. The van der Waals surface area contributed by atoms with E-state index >= 15 is 0 Å². The number of benzene rings is 1. The second-order valence-corrected chi connectivity index (χ2v) is 5.27. The van der Waals surface area contributed by atoms with Crippen LogP contribution in [0.25, 0.3) is 0 Å². The molecule has 1 heterocycles. The summed E-state index contributed by atoms with van der Waals surface area (Å²) in [6, 6.07) is 8.34. The van der Waals surface area contributed by atoms with Crippen molar-refractivity contribution in [2.45, 2.75) is 38.1 Å². The molecule has 0 spiro atoms. The topological polar surface area (TPSA) is 98.7 Å². The molecule has 2 amide bonds. The van der Waals surface area contributed by atoms with Crippen molar-refractivity contribution in [3.8, 4) is 0 Å². The van der Waals surface area contributed by atoms with E-state index in [1.165, 1.54) is 4.90 Å². The Morgan fingerprint density at radius 3 is 2.57 bits per heavy atom. The first-order chi connectivity index (χ1) is 10.0. The molecule has 21 heavy (non-hydrogen) atoms. The predicted molar refractivity (Wildman–Crippen MR) is 78.0 cm³/mol. The molecule has 1 aromatic rings. The highest BCUT2D eigenvalue weighted by Crippen LogP contribution is 2.19. The number of amides is 2. The maximum Gasteiger partial charge on any atom is 0.242 e. The van der Waals surface area contributed by atoms with Crippen molar-refractivity contribution in [2.24, 2.45) is 11.5 Å². The van der Waals surface area contributed by atoms with Crippen LogP contribution < -0.4 is 11.5 Å². The van der Waals surface area contributed by atoms with E-state index in [-0.39, 0.29) is 5.91 Å². The molecule has 1 saturated heterocycles. The summed E-state index contributed by atoms with van der Waals surface area (Å²) in [6.07, 6.45) is 0.166. The van der Waals surface area contributed by atoms with Crippen LogP contribution in [0.2, 0.25) is 0 Å². The van der Waals surface area contributed by atoms with Gasteiger partial charge in [0, 0.05) is 6.54 Å². The summed E-state index contributed by atoms with van der Waals surface area (Å²) in [5.41, 5.74) is 12.2. The number of carbonyl (C=O) groups is 2. The lowest BCUT2D eigenvalue weighted by Gasteiger charge is -2.40. The Labute approximate surface area is 124 Å². The minimum absolute atomic E-state index is 0.286. The van der Waals surface area contributed by atoms with Crippen LogP contribution in [-0.2, 0) is 20.9 Å². The highest BCUT2D eigenvalue weighted by atomic mass is 16.5. The van der Waals surface area contributed by atoms with Crippen LogP contribution in [0.4, 0.5) is 0 Å². The van der Waals surface area contributed by atoms with Gasteiger partial charge in [0.25, 0.3) is 0 Å². The lowest BCUT2D eigenvalue weighted by molar-refractivity contribution is -0.149. The van der Waals surface area contributed by atoms with Crippen LogP contribution in [0.1, 0.15) is 18.9 Å². The first kappa shape index (κ1) is 15.5. The molecule has 114 valence electrons. The summed E-state index contributed by atoms with van der Waals surface area (Å²) in [4.78, 5) is 24.8. The third-order valence-corrected chi connectivity index (χ3v) is 3.78. The number of nitrogens with two attached hydrogens (primary N) is 2. The second-order valence-electron chi connectivity index (χ2n) is 5.27. The van der Waals surface area contributed by atoms with Crippen LogP contribution in [0.15, 0.2) is 30.3 Å². The lowest BCUT2D eigenvalue weighted by Crippen LogP contribution is -2.62. The van der Waals surface area contributed by atoms with E-state index in [1.54, 1.807) is 6.92 Å². The smallest absolute Gasteiger partial charge is 0.242 e.